The van der Waals surface area contributed by atoms with Gasteiger partial charge in [0.2, 0.25) is 0 Å². The lowest BCUT2D eigenvalue weighted by Gasteiger charge is -2.23. The summed E-state index contributed by atoms with van der Waals surface area (Å²) in [4.78, 5) is 0. The van der Waals surface area contributed by atoms with Crippen LogP contribution in [0.15, 0.2) is 6.07 Å². The Hall–Kier alpha value is -1.26. The number of alkyl halides is 2. The quantitative estimate of drug-likeness (QED) is 0.725. The predicted octanol–water partition coefficient (Wildman–Crippen LogP) is 3.69. The largest absolute Gasteiger partial charge is 0.429 e. The fourth-order valence-electron chi connectivity index (χ4n) is 2.21. The lowest BCUT2D eigenvalue weighted by Crippen LogP contribution is -2.16. The maximum atomic E-state index is 13.8. The molecule has 1 atom stereocenters. The Morgan fingerprint density at radius 3 is 2.71 bits per heavy atom. The van der Waals surface area contributed by atoms with Gasteiger partial charge in [-0.1, -0.05) is 6.92 Å². The lowest BCUT2D eigenvalue weighted by molar-refractivity contribution is -0.0548. The number of fused-ring (bicyclic) bond motifs is 1. The summed E-state index contributed by atoms with van der Waals surface area (Å²) in [5.74, 6) is -2.65. The van der Waals surface area contributed by atoms with Crippen molar-refractivity contribution in [3.05, 3.63) is 28.8 Å². The van der Waals surface area contributed by atoms with Gasteiger partial charge in [-0.3, -0.25) is 0 Å². The molecule has 1 aromatic rings. The Labute approximate surface area is 96.4 Å². The molecular weight excluding hydrogens is 236 g/mol. The van der Waals surface area contributed by atoms with Crippen LogP contribution < -0.4 is 4.74 Å². The van der Waals surface area contributed by atoms with E-state index >= 15 is 0 Å². The van der Waals surface area contributed by atoms with Crippen LogP contribution in [0.4, 0.5) is 17.6 Å². The molecule has 0 saturated heterocycles. The number of hydrogen-bond donors (Lipinski definition) is 0. The monoisotopic (exact) mass is 248 g/mol. The minimum Gasteiger partial charge on any atom is -0.429 e. The Bertz CT molecular complexity index is 431. The van der Waals surface area contributed by atoms with Gasteiger partial charge in [-0.25, -0.2) is 8.78 Å². The molecule has 0 aliphatic heterocycles. The lowest BCUT2D eigenvalue weighted by atomic mass is 9.84. The van der Waals surface area contributed by atoms with Crippen LogP contribution in [-0.2, 0) is 12.8 Å². The van der Waals surface area contributed by atoms with Gasteiger partial charge in [-0.2, -0.15) is 8.78 Å². The molecule has 1 aliphatic carbocycles. The average molecular weight is 248 g/mol. The zero-order valence-electron chi connectivity index (χ0n) is 9.27. The molecule has 17 heavy (non-hydrogen) atoms. The molecule has 0 fully saturated rings. The molecule has 0 radical (unpaired) electrons. The van der Waals surface area contributed by atoms with Crippen molar-refractivity contribution in [2.45, 2.75) is 32.8 Å². The minimum atomic E-state index is -3.22. The maximum Gasteiger partial charge on any atom is 0.387 e. The van der Waals surface area contributed by atoms with Gasteiger partial charge in [0.05, 0.1) is 0 Å². The first-order chi connectivity index (χ1) is 7.99. The fraction of sp³-hybridized carbons (Fsp3) is 0.500. The summed E-state index contributed by atoms with van der Waals surface area (Å²) < 4.78 is 55.2. The summed E-state index contributed by atoms with van der Waals surface area (Å²) in [6, 6.07) is 1.10. The van der Waals surface area contributed by atoms with Gasteiger partial charge in [-0.05, 0) is 42.4 Å². The zero-order chi connectivity index (χ0) is 12.6. The van der Waals surface area contributed by atoms with Crippen molar-refractivity contribution in [1.82, 2.24) is 0 Å². The van der Waals surface area contributed by atoms with E-state index in [9.17, 15) is 17.6 Å². The van der Waals surface area contributed by atoms with Crippen LogP contribution in [0, 0.1) is 17.6 Å². The molecule has 0 spiro atoms. The van der Waals surface area contributed by atoms with E-state index in [4.69, 9.17) is 0 Å². The Kier molecular flexibility index (Phi) is 3.26. The Morgan fingerprint density at radius 1 is 1.35 bits per heavy atom. The molecule has 0 heterocycles. The summed E-state index contributed by atoms with van der Waals surface area (Å²) >= 11 is 0. The fourth-order valence-corrected chi connectivity index (χ4v) is 2.21. The number of halogens is 4. The third-order valence-electron chi connectivity index (χ3n) is 3.03. The van der Waals surface area contributed by atoms with Gasteiger partial charge in [0.15, 0.2) is 17.4 Å². The summed E-state index contributed by atoms with van der Waals surface area (Å²) in [6.45, 7) is -1.23. The highest BCUT2D eigenvalue weighted by Crippen LogP contribution is 2.34. The highest BCUT2D eigenvalue weighted by atomic mass is 19.3. The third kappa shape index (κ3) is 2.37. The molecule has 0 bridgehead atoms. The molecular formula is C12H12F4O. The van der Waals surface area contributed by atoms with Gasteiger partial charge < -0.3 is 4.74 Å². The molecule has 94 valence electrons. The smallest absolute Gasteiger partial charge is 0.387 e. The molecule has 1 aromatic carbocycles. The molecule has 1 nitrogen and oxygen atoms in total. The standard InChI is InChI=1S/C12H12F4O/c1-6-2-3-8-7(4-6)5-9(13)11(10(8)14)17-12(15)16/h5-6,12H,2-4H2,1H3. The van der Waals surface area contributed by atoms with E-state index in [1.165, 1.54) is 0 Å². The maximum absolute atomic E-state index is 13.8. The zero-order valence-corrected chi connectivity index (χ0v) is 9.27. The number of rotatable bonds is 2. The SMILES string of the molecule is CC1CCc2c(cc(F)c(OC(F)F)c2F)C1. The number of ether oxygens (including phenoxy) is 1. The molecule has 0 amide bonds. The first-order valence-electron chi connectivity index (χ1n) is 5.43. The van der Waals surface area contributed by atoms with Crippen molar-refractivity contribution in [3.8, 4) is 5.75 Å². The third-order valence-corrected chi connectivity index (χ3v) is 3.03. The van der Waals surface area contributed by atoms with Gasteiger partial charge in [0.1, 0.15) is 0 Å². The van der Waals surface area contributed by atoms with Crippen molar-refractivity contribution in [2.24, 2.45) is 5.92 Å². The molecule has 1 unspecified atom stereocenters. The van der Waals surface area contributed by atoms with Crippen molar-refractivity contribution in [3.63, 3.8) is 0 Å². The first kappa shape index (κ1) is 12.2. The molecule has 0 N–H and O–H groups in total. The van der Waals surface area contributed by atoms with E-state index in [-0.39, 0.29) is 0 Å². The minimum absolute atomic E-state index is 0.306. The summed E-state index contributed by atoms with van der Waals surface area (Å²) in [5, 5.41) is 0. The Morgan fingerprint density at radius 2 is 2.06 bits per heavy atom. The van der Waals surface area contributed by atoms with Gasteiger partial charge in [0, 0.05) is 0 Å². The van der Waals surface area contributed by atoms with Crippen LogP contribution in [0.5, 0.6) is 5.75 Å². The molecule has 1 aliphatic rings. The highest BCUT2D eigenvalue weighted by Gasteiger charge is 2.25. The first-order valence-corrected chi connectivity index (χ1v) is 5.43. The van der Waals surface area contributed by atoms with Crippen molar-refractivity contribution in [1.29, 1.82) is 0 Å². The predicted molar refractivity (Wildman–Crippen MR) is 54.2 cm³/mol. The van der Waals surface area contributed by atoms with E-state index in [0.29, 0.717) is 29.9 Å². The van der Waals surface area contributed by atoms with E-state index in [2.05, 4.69) is 4.74 Å². The van der Waals surface area contributed by atoms with Crippen LogP contribution in [-0.4, -0.2) is 6.61 Å². The topological polar surface area (TPSA) is 9.23 Å². The van der Waals surface area contributed by atoms with E-state index in [1.54, 1.807) is 0 Å². The number of benzene rings is 1. The van der Waals surface area contributed by atoms with Crippen molar-refractivity contribution >= 4 is 0 Å². The second-order valence-corrected chi connectivity index (χ2v) is 4.37. The van der Waals surface area contributed by atoms with Crippen LogP contribution >= 0.6 is 0 Å². The summed E-state index contributed by atoms with van der Waals surface area (Å²) in [5.41, 5.74) is 0.862. The summed E-state index contributed by atoms with van der Waals surface area (Å²) in [6.07, 6.45) is 1.77. The van der Waals surface area contributed by atoms with Crippen LogP contribution in [0.3, 0.4) is 0 Å². The van der Waals surface area contributed by atoms with Gasteiger partial charge in [0.25, 0.3) is 0 Å². The molecule has 0 aromatic heterocycles. The molecule has 0 saturated carbocycles. The van der Waals surface area contributed by atoms with Gasteiger partial charge >= 0.3 is 6.61 Å². The van der Waals surface area contributed by atoms with Crippen LogP contribution in [0.25, 0.3) is 0 Å². The van der Waals surface area contributed by atoms with Gasteiger partial charge in [-0.15, -0.1) is 0 Å². The number of hydrogen-bond acceptors (Lipinski definition) is 1. The van der Waals surface area contributed by atoms with Crippen LogP contribution in [0.1, 0.15) is 24.5 Å². The van der Waals surface area contributed by atoms with E-state index in [0.717, 1.165) is 12.5 Å². The van der Waals surface area contributed by atoms with Crippen molar-refractivity contribution in [2.75, 3.05) is 0 Å². The normalized spacial score (nSPS) is 19.3. The average Bonchev–Trinajstić information content (AvgIpc) is 2.23. The van der Waals surface area contributed by atoms with Crippen LogP contribution in [0.2, 0.25) is 0 Å². The second-order valence-electron chi connectivity index (χ2n) is 4.37. The summed E-state index contributed by atoms with van der Waals surface area (Å²) in [7, 11) is 0. The molecule has 2 rings (SSSR count). The van der Waals surface area contributed by atoms with E-state index in [1.807, 2.05) is 6.92 Å². The highest BCUT2D eigenvalue weighted by molar-refractivity contribution is 5.40. The second kappa shape index (κ2) is 4.55. The Balaban J connectivity index is 2.44. The van der Waals surface area contributed by atoms with E-state index < -0.39 is 24.0 Å². The van der Waals surface area contributed by atoms with Crippen molar-refractivity contribution < 1.29 is 22.3 Å². The molecule has 5 heteroatoms.